The molecule has 0 spiro atoms. The summed E-state index contributed by atoms with van der Waals surface area (Å²) < 4.78 is 5.82. The second-order valence-electron chi connectivity index (χ2n) is 15.6. The average Bonchev–Trinajstić information content (AvgIpc) is 2.80. The molecule has 0 unspecified atom stereocenters. The molecule has 0 amide bonds. The summed E-state index contributed by atoms with van der Waals surface area (Å²) in [5.74, 6) is 1.50. The van der Waals surface area contributed by atoms with Crippen LogP contribution in [-0.4, -0.2) is 23.8 Å². The number of fused-ring (bicyclic) bond motifs is 7. The average molecular weight is 497 g/mol. The maximum atomic E-state index is 13.7. The van der Waals surface area contributed by atoms with Gasteiger partial charge >= 0.3 is 5.97 Å². The molecule has 0 saturated heterocycles. The summed E-state index contributed by atoms with van der Waals surface area (Å²) in [5.41, 5.74) is 2.03. The van der Waals surface area contributed by atoms with Gasteiger partial charge in [-0.05, 0) is 109 Å². The van der Waals surface area contributed by atoms with E-state index in [0.717, 1.165) is 51.4 Å². The van der Waals surface area contributed by atoms with Gasteiger partial charge in [-0.25, -0.2) is 0 Å². The predicted molar refractivity (Wildman–Crippen MR) is 146 cm³/mol. The number of carbonyl (C=O) groups is 1. The van der Waals surface area contributed by atoms with Crippen LogP contribution in [0.1, 0.15) is 113 Å². The van der Waals surface area contributed by atoms with Crippen molar-refractivity contribution in [2.24, 2.45) is 50.2 Å². The van der Waals surface area contributed by atoms with Gasteiger partial charge in [-0.15, -0.1) is 0 Å². The Kier molecular flexibility index (Phi) is 6.04. The molecule has 0 bridgehead atoms. The summed E-state index contributed by atoms with van der Waals surface area (Å²) in [6.45, 7) is 21.3. The molecular weight excluding hydrogens is 444 g/mol. The Labute approximate surface area is 220 Å². The number of carbonyl (C=O) groups excluding carboxylic acids is 1. The van der Waals surface area contributed by atoms with Crippen LogP contribution in [0.5, 0.6) is 0 Å². The van der Waals surface area contributed by atoms with Crippen LogP contribution in [0.4, 0.5) is 0 Å². The van der Waals surface area contributed by atoms with E-state index < -0.39 is 0 Å². The molecule has 3 nitrogen and oxygen atoms in total. The first kappa shape index (κ1) is 26.5. The number of hydrogen-bond donors (Lipinski definition) is 1. The Morgan fingerprint density at radius 2 is 1.69 bits per heavy atom. The first-order chi connectivity index (χ1) is 16.7. The third-order valence-corrected chi connectivity index (χ3v) is 13.4. The minimum atomic E-state index is -0.370. The Balaban J connectivity index is 1.57. The van der Waals surface area contributed by atoms with E-state index in [-0.39, 0.29) is 50.5 Å². The molecule has 1 N–H and O–H groups in total. The van der Waals surface area contributed by atoms with E-state index >= 15 is 0 Å². The quantitative estimate of drug-likeness (QED) is 0.319. The second-order valence-corrected chi connectivity index (χ2v) is 15.6. The van der Waals surface area contributed by atoms with Crippen LogP contribution in [-0.2, 0) is 9.53 Å². The highest BCUT2D eigenvalue weighted by molar-refractivity contribution is 5.79. The number of rotatable bonds is 3. The lowest BCUT2D eigenvalue weighted by molar-refractivity contribution is -0.206. The molecule has 202 valence electrons. The van der Waals surface area contributed by atoms with Crippen LogP contribution in [0.15, 0.2) is 24.3 Å². The van der Waals surface area contributed by atoms with Crippen molar-refractivity contribution in [3.63, 3.8) is 0 Å². The van der Waals surface area contributed by atoms with E-state index in [1.165, 1.54) is 12.8 Å². The molecule has 0 aromatic carbocycles. The van der Waals surface area contributed by atoms with Crippen molar-refractivity contribution >= 4 is 5.97 Å². The maximum Gasteiger partial charge on any atom is 0.312 e. The molecule has 0 aromatic rings. The molecule has 5 aliphatic rings. The van der Waals surface area contributed by atoms with Gasteiger partial charge < -0.3 is 9.84 Å². The van der Waals surface area contributed by atoms with Crippen molar-refractivity contribution in [2.75, 3.05) is 6.61 Å². The molecule has 5 aliphatic carbocycles. The van der Waals surface area contributed by atoms with Gasteiger partial charge in [0, 0.05) is 0 Å². The second kappa shape index (κ2) is 8.20. The molecule has 4 saturated carbocycles. The maximum absolute atomic E-state index is 13.7. The van der Waals surface area contributed by atoms with Crippen molar-refractivity contribution in [3.8, 4) is 0 Å². The van der Waals surface area contributed by atoms with Crippen molar-refractivity contribution in [1.82, 2.24) is 0 Å². The Hall–Kier alpha value is -1.09. The smallest absolute Gasteiger partial charge is 0.312 e. The van der Waals surface area contributed by atoms with E-state index in [1.807, 2.05) is 0 Å². The van der Waals surface area contributed by atoms with E-state index in [9.17, 15) is 9.90 Å². The van der Waals surface area contributed by atoms with E-state index in [0.29, 0.717) is 18.4 Å². The fourth-order valence-electron chi connectivity index (χ4n) is 10.9. The zero-order valence-electron chi connectivity index (χ0n) is 24.2. The van der Waals surface area contributed by atoms with Gasteiger partial charge in [-0.1, -0.05) is 72.8 Å². The molecule has 4 fully saturated rings. The Bertz CT molecular complexity index is 960. The van der Waals surface area contributed by atoms with Crippen LogP contribution in [0.3, 0.4) is 0 Å². The fraction of sp³-hybridized carbons (Fsp3) is 0.848. The minimum absolute atomic E-state index is 0.0246. The van der Waals surface area contributed by atoms with Gasteiger partial charge in [0.2, 0.25) is 0 Å². The first-order valence-electron chi connectivity index (χ1n) is 14.8. The summed E-state index contributed by atoms with van der Waals surface area (Å²) in [7, 11) is 0. The molecule has 0 radical (unpaired) electrons. The summed E-state index contributed by atoms with van der Waals surface area (Å²) in [6.07, 6.45) is 14.9. The van der Waals surface area contributed by atoms with Crippen LogP contribution >= 0.6 is 0 Å². The normalized spacial score (nSPS) is 48.8. The van der Waals surface area contributed by atoms with Crippen LogP contribution < -0.4 is 0 Å². The number of esters is 1. The third kappa shape index (κ3) is 3.36. The number of aliphatic hydroxyl groups excluding tert-OH is 1. The van der Waals surface area contributed by atoms with Crippen LogP contribution in [0.2, 0.25) is 0 Å². The van der Waals surface area contributed by atoms with Crippen LogP contribution in [0, 0.1) is 50.2 Å². The lowest BCUT2D eigenvalue weighted by atomic mass is 9.33. The largest absolute Gasteiger partial charge is 0.461 e. The number of ether oxygens (including phenoxy) is 1. The highest BCUT2D eigenvalue weighted by Gasteiger charge is 2.69. The van der Waals surface area contributed by atoms with Gasteiger partial charge in [-0.3, -0.25) is 4.79 Å². The van der Waals surface area contributed by atoms with Gasteiger partial charge in [0.25, 0.3) is 0 Å². The number of aliphatic hydroxyl groups is 1. The van der Waals surface area contributed by atoms with Gasteiger partial charge in [-0.2, -0.15) is 0 Å². The number of allylic oxidation sites excluding steroid dienone is 2. The number of hydrogen-bond acceptors (Lipinski definition) is 3. The fourth-order valence-corrected chi connectivity index (χ4v) is 10.9. The first-order valence-corrected chi connectivity index (χ1v) is 14.8. The third-order valence-electron chi connectivity index (χ3n) is 13.4. The lowest BCUT2D eigenvalue weighted by Gasteiger charge is -2.71. The zero-order chi connectivity index (χ0) is 26.4. The lowest BCUT2D eigenvalue weighted by Crippen LogP contribution is -2.65. The Morgan fingerprint density at radius 1 is 1.00 bits per heavy atom. The van der Waals surface area contributed by atoms with E-state index in [2.05, 4.69) is 61.1 Å². The zero-order valence-corrected chi connectivity index (χ0v) is 24.2. The molecule has 0 aliphatic heterocycles. The molecule has 36 heavy (non-hydrogen) atoms. The van der Waals surface area contributed by atoms with Crippen molar-refractivity contribution in [2.45, 2.75) is 119 Å². The monoisotopic (exact) mass is 496 g/mol. The highest BCUT2D eigenvalue weighted by Crippen LogP contribution is 2.75. The molecule has 5 rings (SSSR count). The molecular formula is C33H52O3. The molecule has 0 heterocycles. The predicted octanol–water partition coefficient (Wildman–Crippen LogP) is 7.88. The minimum Gasteiger partial charge on any atom is -0.461 e. The topological polar surface area (TPSA) is 46.5 Å². The molecule has 3 heteroatoms. The van der Waals surface area contributed by atoms with Gasteiger partial charge in [0.15, 0.2) is 0 Å². The molecule has 8 atom stereocenters. The summed E-state index contributed by atoms with van der Waals surface area (Å²) in [4.78, 5) is 13.7. The Morgan fingerprint density at radius 3 is 2.39 bits per heavy atom. The summed E-state index contributed by atoms with van der Waals surface area (Å²) in [5, 5.41) is 10.9. The highest BCUT2D eigenvalue weighted by atomic mass is 16.5. The van der Waals surface area contributed by atoms with Gasteiger partial charge in [0.05, 0.1) is 11.5 Å². The standard InChI is InChI=1S/C33H52O3/c1-9-20-36-27(35)33-18-16-28(2,3)21-23(33)22-10-11-25-30(6)14-13-26(34)29(4,5)24(30)12-15-32(25,8)31(22,7)17-19-33/h9-10,23-26,34H,1,11-21H2,2-8H3/t23-,24-,25+,26-,30-,31+,32+,33-/m0/s1. The van der Waals surface area contributed by atoms with Gasteiger partial charge in [0.1, 0.15) is 6.61 Å². The summed E-state index contributed by atoms with van der Waals surface area (Å²) in [6, 6.07) is 0. The van der Waals surface area contributed by atoms with Crippen molar-refractivity contribution < 1.29 is 14.6 Å². The SMILES string of the molecule is C=CCOC(=O)[C@]12CCC(C)(C)C[C@H]1C1=CC[C@@H]3[C@@]4(C)CC[C@H](O)C(C)(C)[C@@H]4CC[C@@]3(C)[C@]1(C)CC2. The van der Waals surface area contributed by atoms with E-state index in [4.69, 9.17) is 4.74 Å². The van der Waals surface area contributed by atoms with Crippen LogP contribution in [0.25, 0.3) is 0 Å². The van der Waals surface area contributed by atoms with Crippen molar-refractivity contribution in [3.05, 3.63) is 24.3 Å². The van der Waals surface area contributed by atoms with Crippen molar-refractivity contribution in [1.29, 1.82) is 0 Å². The molecule has 0 aromatic heterocycles. The summed E-state index contributed by atoms with van der Waals surface area (Å²) >= 11 is 0. The van der Waals surface area contributed by atoms with E-state index in [1.54, 1.807) is 11.6 Å².